The number of hydrogen-bond donors (Lipinski definition) is 1. The van der Waals surface area contributed by atoms with Crippen molar-refractivity contribution in [2.75, 3.05) is 39.5 Å². The first-order chi connectivity index (χ1) is 26.9. The van der Waals surface area contributed by atoms with Crippen LogP contribution < -0.4 is 0 Å². The Balaban J connectivity index is 4.48. The van der Waals surface area contributed by atoms with Crippen molar-refractivity contribution in [2.45, 2.75) is 247 Å². The third-order valence-electron chi connectivity index (χ3n) is 11.7. The van der Waals surface area contributed by atoms with Crippen LogP contribution in [-0.2, 0) is 19.1 Å². The molecule has 0 spiro atoms. The van der Waals surface area contributed by atoms with E-state index in [9.17, 15) is 14.7 Å². The van der Waals surface area contributed by atoms with E-state index in [0.717, 1.165) is 129 Å². The molecule has 0 rings (SSSR count). The zero-order chi connectivity index (χ0) is 40.5. The Labute approximate surface area is 343 Å². The molecule has 328 valence electrons. The quantitative estimate of drug-likeness (QED) is 0.0490. The first kappa shape index (κ1) is 53.9. The van der Waals surface area contributed by atoms with Crippen molar-refractivity contribution in [1.29, 1.82) is 0 Å². The van der Waals surface area contributed by atoms with Gasteiger partial charge in [-0.15, -0.1) is 0 Å². The van der Waals surface area contributed by atoms with Crippen LogP contribution in [0.4, 0.5) is 0 Å². The average Bonchev–Trinajstić information content (AvgIpc) is 3.18. The van der Waals surface area contributed by atoms with Gasteiger partial charge < -0.3 is 19.5 Å². The molecule has 6 heteroatoms. The van der Waals surface area contributed by atoms with E-state index in [-0.39, 0.29) is 30.4 Å². The van der Waals surface area contributed by atoms with E-state index in [1.54, 1.807) is 0 Å². The number of hydrogen-bond acceptors (Lipinski definition) is 6. The van der Waals surface area contributed by atoms with Crippen molar-refractivity contribution in [3.05, 3.63) is 0 Å². The van der Waals surface area contributed by atoms with Gasteiger partial charge in [0.25, 0.3) is 0 Å². The fourth-order valence-electron chi connectivity index (χ4n) is 7.98. The fourth-order valence-corrected chi connectivity index (χ4v) is 7.98. The lowest BCUT2D eigenvalue weighted by Gasteiger charge is -2.26. The topological polar surface area (TPSA) is 76.1 Å². The number of ether oxygens (including phenoxy) is 2. The molecule has 0 aromatic heterocycles. The Bertz CT molecular complexity index is 806. The van der Waals surface area contributed by atoms with Crippen LogP contribution in [0.5, 0.6) is 0 Å². The molecular formula is C49H97NO5. The Hall–Kier alpha value is -1.14. The number of unbranched alkanes of at least 4 members (excludes halogenated alkanes) is 21. The predicted octanol–water partition coefficient (Wildman–Crippen LogP) is 14.2. The van der Waals surface area contributed by atoms with E-state index in [1.165, 1.54) is 103 Å². The largest absolute Gasteiger partial charge is 0.465 e. The van der Waals surface area contributed by atoms with Gasteiger partial charge in [0.2, 0.25) is 0 Å². The molecule has 0 aromatic rings. The summed E-state index contributed by atoms with van der Waals surface area (Å²) in [6, 6.07) is 0. The van der Waals surface area contributed by atoms with Gasteiger partial charge in [-0.2, -0.15) is 0 Å². The fraction of sp³-hybridized carbons (Fsp3) is 0.959. The van der Waals surface area contributed by atoms with Crippen molar-refractivity contribution in [1.82, 2.24) is 4.90 Å². The second-order valence-corrected chi connectivity index (χ2v) is 17.3. The second-order valence-electron chi connectivity index (χ2n) is 17.3. The van der Waals surface area contributed by atoms with Crippen molar-refractivity contribution < 1.29 is 24.2 Å². The summed E-state index contributed by atoms with van der Waals surface area (Å²) in [5.74, 6) is 0.871. The predicted molar refractivity (Wildman–Crippen MR) is 237 cm³/mol. The average molecular weight is 780 g/mol. The van der Waals surface area contributed by atoms with E-state index < -0.39 is 0 Å². The molecule has 1 N–H and O–H groups in total. The molecule has 0 saturated heterocycles. The maximum absolute atomic E-state index is 13.0. The monoisotopic (exact) mass is 780 g/mol. The molecule has 0 aliphatic heterocycles. The van der Waals surface area contributed by atoms with Crippen molar-refractivity contribution in [2.24, 2.45) is 17.8 Å². The Morgan fingerprint density at radius 2 is 0.764 bits per heavy atom. The van der Waals surface area contributed by atoms with Gasteiger partial charge in [-0.1, -0.05) is 176 Å². The highest BCUT2D eigenvalue weighted by Crippen LogP contribution is 2.22. The van der Waals surface area contributed by atoms with Gasteiger partial charge >= 0.3 is 11.9 Å². The zero-order valence-electron chi connectivity index (χ0n) is 37.8. The summed E-state index contributed by atoms with van der Waals surface area (Å²) >= 11 is 0. The SMILES string of the molecule is CCCCCCCCC(CCCCCC)C(=O)OCCCCCCN(CCCCO)C[C@H](C)CCCCOC(=O)C(CCCCCC)CCCCCCCC. The van der Waals surface area contributed by atoms with Gasteiger partial charge in [-0.05, 0) is 89.6 Å². The third kappa shape index (κ3) is 35.7. The summed E-state index contributed by atoms with van der Waals surface area (Å²) in [4.78, 5) is 28.6. The molecule has 0 fully saturated rings. The standard InChI is InChI=1S/C49H97NO5/c1-6-10-14-18-20-26-37-46(35-24-16-12-8-3)48(52)54-42-32-23-22-29-39-50(40-30-31-41-51)44-45(5)34-28-33-43-55-49(53)47(36-25-17-13-9-4)38-27-21-19-15-11-7-2/h45-47,51H,6-44H2,1-5H3/t45-,46?,47?/m1/s1. The molecule has 55 heavy (non-hydrogen) atoms. The molecule has 0 radical (unpaired) electrons. The molecule has 0 saturated carbocycles. The highest BCUT2D eigenvalue weighted by molar-refractivity contribution is 5.72. The van der Waals surface area contributed by atoms with Gasteiger partial charge in [0, 0.05) is 13.2 Å². The highest BCUT2D eigenvalue weighted by atomic mass is 16.5. The van der Waals surface area contributed by atoms with Crippen molar-refractivity contribution >= 4 is 11.9 Å². The van der Waals surface area contributed by atoms with Gasteiger partial charge in [-0.25, -0.2) is 0 Å². The minimum absolute atomic E-state index is 0.0526. The number of carbonyl (C=O) groups excluding carboxylic acids is 2. The Morgan fingerprint density at radius 3 is 1.20 bits per heavy atom. The van der Waals surface area contributed by atoms with Crippen LogP contribution in [0.1, 0.15) is 247 Å². The van der Waals surface area contributed by atoms with Crippen molar-refractivity contribution in [3.63, 3.8) is 0 Å². The number of nitrogens with zero attached hydrogens (tertiary/aromatic N) is 1. The van der Waals surface area contributed by atoms with E-state index in [0.29, 0.717) is 19.1 Å². The highest BCUT2D eigenvalue weighted by Gasteiger charge is 2.21. The number of esters is 2. The number of aliphatic hydroxyl groups excluding tert-OH is 1. The maximum atomic E-state index is 13.0. The van der Waals surface area contributed by atoms with Crippen LogP contribution >= 0.6 is 0 Å². The van der Waals surface area contributed by atoms with Crippen LogP contribution in [0.15, 0.2) is 0 Å². The molecular weight excluding hydrogens is 683 g/mol. The van der Waals surface area contributed by atoms with Crippen LogP contribution in [0.2, 0.25) is 0 Å². The molecule has 2 unspecified atom stereocenters. The second kappa shape index (κ2) is 42.5. The molecule has 0 amide bonds. The summed E-state index contributed by atoms with van der Waals surface area (Å²) in [5.41, 5.74) is 0. The maximum Gasteiger partial charge on any atom is 0.308 e. The van der Waals surface area contributed by atoms with Gasteiger partial charge in [0.15, 0.2) is 0 Å². The zero-order valence-corrected chi connectivity index (χ0v) is 37.8. The van der Waals surface area contributed by atoms with Crippen LogP contribution in [0.25, 0.3) is 0 Å². The minimum Gasteiger partial charge on any atom is -0.465 e. The van der Waals surface area contributed by atoms with Crippen LogP contribution in [-0.4, -0.2) is 61.4 Å². The summed E-state index contributed by atoms with van der Waals surface area (Å²) < 4.78 is 11.7. The lowest BCUT2D eigenvalue weighted by Crippen LogP contribution is -2.31. The number of aliphatic hydroxyl groups is 1. The summed E-state index contributed by atoms with van der Waals surface area (Å²) in [5, 5.41) is 9.37. The first-order valence-corrected chi connectivity index (χ1v) is 24.6. The van der Waals surface area contributed by atoms with Crippen molar-refractivity contribution in [3.8, 4) is 0 Å². The minimum atomic E-state index is 0.0526. The summed E-state index contributed by atoms with van der Waals surface area (Å²) in [6.07, 6.45) is 38.3. The van der Waals surface area contributed by atoms with Crippen LogP contribution in [0.3, 0.4) is 0 Å². The third-order valence-corrected chi connectivity index (χ3v) is 11.7. The lowest BCUT2D eigenvalue weighted by atomic mass is 9.94. The normalized spacial score (nSPS) is 13.3. The molecule has 0 aliphatic carbocycles. The molecule has 0 aromatic carbocycles. The number of rotatable bonds is 44. The van der Waals surface area contributed by atoms with E-state index >= 15 is 0 Å². The number of carbonyl (C=O) groups is 2. The van der Waals surface area contributed by atoms with E-state index in [1.807, 2.05) is 0 Å². The van der Waals surface area contributed by atoms with E-state index in [4.69, 9.17) is 9.47 Å². The Kier molecular flexibility index (Phi) is 41.6. The Morgan fingerprint density at radius 1 is 0.436 bits per heavy atom. The molecule has 3 atom stereocenters. The molecule has 0 aliphatic rings. The molecule has 0 heterocycles. The summed E-state index contributed by atoms with van der Waals surface area (Å²) in [6.45, 7) is 15.9. The molecule has 6 nitrogen and oxygen atoms in total. The van der Waals surface area contributed by atoms with Gasteiger partial charge in [0.05, 0.1) is 25.0 Å². The lowest BCUT2D eigenvalue weighted by molar-refractivity contribution is -0.150. The van der Waals surface area contributed by atoms with E-state index in [2.05, 4.69) is 39.5 Å². The summed E-state index contributed by atoms with van der Waals surface area (Å²) in [7, 11) is 0. The van der Waals surface area contributed by atoms with Gasteiger partial charge in [-0.3, -0.25) is 9.59 Å². The first-order valence-electron chi connectivity index (χ1n) is 24.6. The van der Waals surface area contributed by atoms with Crippen LogP contribution in [0, 0.1) is 17.8 Å². The molecule has 0 bridgehead atoms. The smallest absolute Gasteiger partial charge is 0.308 e. The van der Waals surface area contributed by atoms with Gasteiger partial charge in [0.1, 0.15) is 0 Å².